The zero-order valence-electron chi connectivity index (χ0n) is 10.6. The monoisotopic (exact) mass is 215 g/mol. The summed E-state index contributed by atoms with van der Waals surface area (Å²) < 4.78 is 5.52. The summed E-state index contributed by atoms with van der Waals surface area (Å²) in [7, 11) is 0. The number of rotatable bonds is 6. The molecule has 0 saturated carbocycles. The molecular formula is C12H25NO2. The van der Waals surface area contributed by atoms with Gasteiger partial charge in [-0.1, -0.05) is 27.7 Å². The minimum absolute atomic E-state index is 0.00532. The molecule has 0 radical (unpaired) electrons. The molecule has 1 rings (SSSR count). The topological polar surface area (TPSA) is 44.8 Å². The summed E-state index contributed by atoms with van der Waals surface area (Å²) in [5.74, 6) is 0.584. The van der Waals surface area contributed by atoms with E-state index in [4.69, 9.17) is 4.74 Å². The van der Waals surface area contributed by atoms with Crippen LogP contribution in [0.2, 0.25) is 0 Å². The van der Waals surface area contributed by atoms with Gasteiger partial charge in [-0.2, -0.15) is 0 Å². The van der Waals surface area contributed by atoms with E-state index in [0.29, 0.717) is 18.1 Å². The average Bonchev–Trinajstić information content (AvgIpc) is 2.82. The first kappa shape index (κ1) is 12.9. The fourth-order valence-corrected chi connectivity index (χ4v) is 2.00. The Balaban J connectivity index is 2.23. The number of nitrogens with one attached hydrogen (secondary N) is 1. The molecule has 0 aromatic heterocycles. The lowest BCUT2D eigenvalue weighted by atomic mass is 9.87. The van der Waals surface area contributed by atoms with E-state index in [0.717, 1.165) is 6.42 Å². The molecule has 3 nitrogen and oxygen atoms in total. The maximum Gasteiger partial charge on any atom is 0.135 e. The lowest BCUT2D eigenvalue weighted by Crippen LogP contribution is -2.35. The van der Waals surface area contributed by atoms with Crippen molar-refractivity contribution >= 4 is 0 Å². The van der Waals surface area contributed by atoms with Gasteiger partial charge in [0.25, 0.3) is 0 Å². The van der Waals surface area contributed by atoms with Gasteiger partial charge >= 0.3 is 0 Å². The molecule has 1 fully saturated rings. The highest BCUT2D eigenvalue weighted by Crippen LogP contribution is 2.29. The van der Waals surface area contributed by atoms with E-state index in [-0.39, 0.29) is 18.2 Å². The van der Waals surface area contributed by atoms with Crippen LogP contribution < -0.4 is 5.32 Å². The molecule has 1 heterocycles. The summed E-state index contributed by atoms with van der Waals surface area (Å²) in [6, 6.07) is 0.390. The van der Waals surface area contributed by atoms with Gasteiger partial charge in [-0.25, -0.2) is 0 Å². The molecule has 0 bridgehead atoms. The van der Waals surface area contributed by atoms with Crippen LogP contribution in [0, 0.1) is 11.3 Å². The van der Waals surface area contributed by atoms with Crippen molar-refractivity contribution < 1.29 is 9.84 Å². The number of hydrogen-bond donors (Lipinski definition) is 2. The summed E-state index contributed by atoms with van der Waals surface area (Å²) in [4.78, 5) is 0. The summed E-state index contributed by atoms with van der Waals surface area (Å²) in [6.07, 6.45) is 1.58. The van der Waals surface area contributed by atoms with Crippen LogP contribution in [0.3, 0.4) is 0 Å². The van der Waals surface area contributed by atoms with Gasteiger partial charge in [-0.15, -0.1) is 0 Å². The van der Waals surface area contributed by atoms with Crippen LogP contribution >= 0.6 is 0 Å². The Kier molecular flexibility index (Phi) is 4.15. The van der Waals surface area contributed by atoms with Gasteiger partial charge in [-0.05, 0) is 24.7 Å². The Labute approximate surface area is 93.2 Å². The molecule has 1 aliphatic rings. The third kappa shape index (κ3) is 4.09. The van der Waals surface area contributed by atoms with Crippen molar-refractivity contribution in [2.24, 2.45) is 11.3 Å². The predicted octanol–water partition coefficient (Wildman–Crippen LogP) is 1.75. The van der Waals surface area contributed by atoms with E-state index in [1.807, 2.05) is 0 Å². The number of ether oxygens (including phenoxy) is 1. The predicted molar refractivity (Wildman–Crippen MR) is 61.6 cm³/mol. The third-order valence-electron chi connectivity index (χ3n) is 2.92. The molecule has 0 spiro atoms. The van der Waals surface area contributed by atoms with Crippen molar-refractivity contribution in [3.8, 4) is 0 Å². The van der Waals surface area contributed by atoms with Gasteiger partial charge in [0.15, 0.2) is 0 Å². The van der Waals surface area contributed by atoms with Crippen molar-refractivity contribution in [3.63, 3.8) is 0 Å². The SMILES string of the molecule is CC(CC(C)(C)CO)NC1OC1C(C)C. The quantitative estimate of drug-likeness (QED) is 0.664. The van der Waals surface area contributed by atoms with Crippen LogP contribution in [0.4, 0.5) is 0 Å². The molecule has 90 valence electrons. The van der Waals surface area contributed by atoms with E-state index >= 15 is 0 Å². The van der Waals surface area contributed by atoms with Crippen LogP contribution in [-0.4, -0.2) is 30.1 Å². The van der Waals surface area contributed by atoms with Crippen molar-refractivity contribution in [1.29, 1.82) is 0 Å². The first-order valence-corrected chi connectivity index (χ1v) is 5.88. The molecule has 0 amide bonds. The second kappa shape index (κ2) is 4.81. The normalized spacial score (nSPS) is 28.2. The lowest BCUT2D eigenvalue weighted by molar-refractivity contribution is 0.136. The second-order valence-electron chi connectivity index (χ2n) is 5.86. The zero-order valence-corrected chi connectivity index (χ0v) is 10.6. The summed E-state index contributed by atoms with van der Waals surface area (Å²) >= 11 is 0. The average molecular weight is 215 g/mol. The summed E-state index contributed by atoms with van der Waals surface area (Å²) in [5.41, 5.74) is -0.00532. The first-order chi connectivity index (χ1) is 6.85. The molecule has 15 heavy (non-hydrogen) atoms. The van der Waals surface area contributed by atoms with Crippen molar-refractivity contribution in [2.75, 3.05) is 6.61 Å². The van der Waals surface area contributed by atoms with E-state index in [2.05, 4.69) is 39.9 Å². The minimum Gasteiger partial charge on any atom is -0.396 e. The van der Waals surface area contributed by atoms with Gasteiger partial charge < -0.3 is 9.84 Å². The Hall–Kier alpha value is -0.120. The van der Waals surface area contributed by atoms with Gasteiger partial charge in [0.05, 0.1) is 0 Å². The van der Waals surface area contributed by atoms with Crippen molar-refractivity contribution in [3.05, 3.63) is 0 Å². The second-order valence-corrected chi connectivity index (χ2v) is 5.86. The Morgan fingerprint density at radius 2 is 1.93 bits per heavy atom. The van der Waals surface area contributed by atoms with E-state index < -0.39 is 0 Å². The molecule has 0 aromatic carbocycles. The number of epoxide rings is 1. The molecular weight excluding hydrogens is 190 g/mol. The van der Waals surface area contributed by atoms with E-state index in [1.165, 1.54) is 0 Å². The molecule has 2 N–H and O–H groups in total. The largest absolute Gasteiger partial charge is 0.396 e. The summed E-state index contributed by atoms with van der Waals surface area (Å²) in [5, 5.41) is 12.6. The molecule has 3 unspecified atom stereocenters. The molecule has 1 aliphatic heterocycles. The third-order valence-corrected chi connectivity index (χ3v) is 2.92. The van der Waals surface area contributed by atoms with Gasteiger partial charge in [0, 0.05) is 12.6 Å². The highest BCUT2D eigenvalue weighted by molar-refractivity contribution is 4.88. The smallest absolute Gasteiger partial charge is 0.135 e. The van der Waals surface area contributed by atoms with Crippen LogP contribution in [0.5, 0.6) is 0 Å². The summed E-state index contributed by atoms with van der Waals surface area (Å²) in [6.45, 7) is 10.9. The molecule has 0 aliphatic carbocycles. The molecule has 3 heteroatoms. The van der Waals surface area contributed by atoms with Gasteiger partial charge in [0.2, 0.25) is 0 Å². The maximum absolute atomic E-state index is 9.17. The first-order valence-electron chi connectivity index (χ1n) is 5.88. The minimum atomic E-state index is -0.00532. The standard InChI is InChI=1S/C12H25NO2/c1-8(2)10-11(15-10)13-9(3)6-12(4,5)7-14/h8-11,13-14H,6-7H2,1-5H3. The highest BCUT2D eigenvalue weighted by Gasteiger charge is 2.41. The fourth-order valence-electron chi connectivity index (χ4n) is 2.00. The van der Waals surface area contributed by atoms with Crippen LogP contribution in [-0.2, 0) is 4.74 Å². The van der Waals surface area contributed by atoms with Crippen LogP contribution in [0.25, 0.3) is 0 Å². The lowest BCUT2D eigenvalue weighted by Gasteiger charge is -2.25. The van der Waals surface area contributed by atoms with Crippen LogP contribution in [0.1, 0.15) is 41.0 Å². The molecule has 0 aromatic rings. The maximum atomic E-state index is 9.17. The molecule has 3 atom stereocenters. The Morgan fingerprint density at radius 1 is 1.33 bits per heavy atom. The van der Waals surface area contributed by atoms with E-state index in [9.17, 15) is 5.11 Å². The zero-order chi connectivity index (χ0) is 11.6. The highest BCUT2D eigenvalue weighted by atomic mass is 16.6. The van der Waals surface area contributed by atoms with E-state index in [1.54, 1.807) is 0 Å². The Morgan fingerprint density at radius 3 is 2.33 bits per heavy atom. The fraction of sp³-hybridized carbons (Fsp3) is 1.00. The van der Waals surface area contributed by atoms with Crippen LogP contribution in [0.15, 0.2) is 0 Å². The number of aliphatic hydroxyl groups is 1. The number of aliphatic hydroxyl groups excluding tert-OH is 1. The van der Waals surface area contributed by atoms with Gasteiger partial charge in [0.1, 0.15) is 12.3 Å². The van der Waals surface area contributed by atoms with Crippen molar-refractivity contribution in [1.82, 2.24) is 5.32 Å². The Bertz CT molecular complexity index is 204. The van der Waals surface area contributed by atoms with Gasteiger partial charge in [-0.3, -0.25) is 5.32 Å². The number of hydrogen-bond acceptors (Lipinski definition) is 3. The molecule has 1 saturated heterocycles. The van der Waals surface area contributed by atoms with Crippen molar-refractivity contribution in [2.45, 2.75) is 59.4 Å².